The lowest BCUT2D eigenvalue weighted by atomic mass is 10.0. The summed E-state index contributed by atoms with van der Waals surface area (Å²) in [5, 5.41) is 2.88. The van der Waals surface area contributed by atoms with Gasteiger partial charge in [-0.05, 0) is 68.1 Å². The van der Waals surface area contributed by atoms with Crippen molar-refractivity contribution >= 4 is 27.8 Å². The zero-order chi connectivity index (χ0) is 16.2. The molecule has 0 aliphatic carbocycles. The van der Waals surface area contributed by atoms with E-state index in [-0.39, 0.29) is 12.1 Å². The molecule has 0 saturated carbocycles. The highest BCUT2D eigenvalue weighted by molar-refractivity contribution is 9.10. The summed E-state index contributed by atoms with van der Waals surface area (Å²) in [6.07, 6.45) is 4.83. The molecule has 1 atom stereocenters. The number of anilines is 1. The van der Waals surface area contributed by atoms with Crippen LogP contribution in [0.15, 0.2) is 22.8 Å². The van der Waals surface area contributed by atoms with Gasteiger partial charge in [0.25, 0.3) is 0 Å². The van der Waals surface area contributed by atoms with Crippen molar-refractivity contribution in [1.82, 2.24) is 10.3 Å². The number of pyridine rings is 1. The molecule has 1 aliphatic heterocycles. The molecule has 0 bridgehead atoms. The Hall–Kier alpha value is -1.30. The van der Waals surface area contributed by atoms with Crippen LogP contribution in [0.2, 0.25) is 0 Å². The van der Waals surface area contributed by atoms with Crippen molar-refractivity contribution in [3.05, 3.63) is 22.8 Å². The number of amides is 1. The van der Waals surface area contributed by atoms with E-state index < -0.39 is 5.60 Å². The molecule has 1 saturated heterocycles. The number of hydrogen-bond acceptors (Lipinski definition) is 4. The summed E-state index contributed by atoms with van der Waals surface area (Å²) in [6.45, 7) is 7.14. The minimum Gasteiger partial charge on any atom is -0.444 e. The number of carbonyl (C=O) groups excluding carboxylic acids is 1. The Morgan fingerprint density at radius 3 is 2.86 bits per heavy atom. The Labute approximate surface area is 140 Å². The summed E-state index contributed by atoms with van der Waals surface area (Å²) < 4.78 is 6.26. The number of aromatic nitrogens is 1. The maximum absolute atomic E-state index is 11.8. The molecule has 6 heteroatoms. The third kappa shape index (κ3) is 5.16. The van der Waals surface area contributed by atoms with Gasteiger partial charge in [-0.15, -0.1) is 0 Å². The number of rotatable bonds is 3. The van der Waals surface area contributed by atoms with Crippen LogP contribution >= 0.6 is 15.9 Å². The molecule has 0 radical (unpaired) electrons. The van der Waals surface area contributed by atoms with E-state index >= 15 is 0 Å². The average molecular weight is 370 g/mol. The number of nitrogens with one attached hydrogen (secondary N) is 1. The predicted molar refractivity (Wildman–Crippen MR) is 91.2 cm³/mol. The Kier molecular flexibility index (Phi) is 5.67. The number of halogens is 1. The lowest BCUT2D eigenvalue weighted by Gasteiger charge is -2.36. The Bertz CT molecular complexity index is 499. The Morgan fingerprint density at radius 1 is 1.45 bits per heavy atom. The summed E-state index contributed by atoms with van der Waals surface area (Å²) in [5.41, 5.74) is -0.469. The first-order valence-corrected chi connectivity index (χ1v) is 8.49. The normalized spacial score (nSPS) is 18.9. The zero-order valence-corrected chi connectivity index (χ0v) is 15.0. The smallest absolute Gasteiger partial charge is 0.407 e. The lowest BCUT2D eigenvalue weighted by molar-refractivity contribution is 0.0523. The number of nitrogens with zero attached hydrogens (tertiary/aromatic N) is 2. The molecule has 2 heterocycles. The van der Waals surface area contributed by atoms with Gasteiger partial charge >= 0.3 is 6.09 Å². The molecule has 1 unspecified atom stereocenters. The van der Waals surface area contributed by atoms with Gasteiger partial charge < -0.3 is 15.0 Å². The van der Waals surface area contributed by atoms with E-state index in [4.69, 9.17) is 4.74 Å². The Balaban J connectivity index is 1.95. The molecule has 1 N–H and O–H groups in total. The molecule has 5 nitrogen and oxygen atoms in total. The van der Waals surface area contributed by atoms with Crippen LogP contribution in [-0.4, -0.2) is 35.8 Å². The van der Waals surface area contributed by atoms with Gasteiger partial charge in [0, 0.05) is 29.8 Å². The number of piperidine rings is 1. The number of ether oxygens (including phenoxy) is 1. The first-order chi connectivity index (χ1) is 10.3. The summed E-state index contributed by atoms with van der Waals surface area (Å²) in [5.74, 6) is 0.957. The molecule has 1 aromatic rings. The molecule has 0 spiro atoms. The molecule has 0 aromatic carbocycles. The largest absolute Gasteiger partial charge is 0.444 e. The number of hydrogen-bond donors (Lipinski definition) is 1. The maximum Gasteiger partial charge on any atom is 0.407 e. The van der Waals surface area contributed by atoms with Crippen LogP contribution in [0.5, 0.6) is 0 Å². The summed E-state index contributed by atoms with van der Waals surface area (Å²) in [4.78, 5) is 18.6. The second-order valence-corrected chi connectivity index (χ2v) is 7.48. The summed E-state index contributed by atoms with van der Waals surface area (Å²) in [6, 6.07) is 4.26. The third-order valence-corrected chi connectivity index (χ3v) is 3.98. The third-order valence-electron chi connectivity index (χ3n) is 3.51. The van der Waals surface area contributed by atoms with Crippen molar-refractivity contribution < 1.29 is 9.53 Å². The van der Waals surface area contributed by atoms with Crippen molar-refractivity contribution in [3.63, 3.8) is 0 Å². The summed E-state index contributed by atoms with van der Waals surface area (Å²) in [7, 11) is 0. The van der Waals surface area contributed by atoms with Gasteiger partial charge in [0.2, 0.25) is 0 Å². The van der Waals surface area contributed by atoms with Gasteiger partial charge in [0.1, 0.15) is 11.4 Å². The van der Waals surface area contributed by atoms with Crippen LogP contribution < -0.4 is 10.2 Å². The molecule has 1 aliphatic rings. The lowest BCUT2D eigenvalue weighted by Crippen LogP contribution is -2.48. The second kappa shape index (κ2) is 7.31. The SMILES string of the molecule is CC(C)(C)OC(=O)NCC1CCCCN1c1ccc(Br)cn1. The highest BCUT2D eigenvalue weighted by Gasteiger charge is 2.25. The Morgan fingerprint density at radius 2 is 2.23 bits per heavy atom. The second-order valence-electron chi connectivity index (χ2n) is 6.56. The van der Waals surface area contributed by atoms with Crippen LogP contribution in [0.4, 0.5) is 10.6 Å². The van der Waals surface area contributed by atoms with Crippen molar-refractivity contribution in [2.45, 2.75) is 51.7 Å². The molecular formula is C16H24BrN3O2. The molecular weight excluding hydrogens is 346 g/mol. The highest BCUT2D eigenvalue weighted by Crippen LogP contribution is 2.23. The number of alkyl carbamates (subject to hydrolysis) is 1. The van der Waals surface area contributed by atoms with Gasteiger partial charge in [-0.3, -0.25) is 0 Å². The van der Waals surface area contributed by atoms with E-state index in [1.165, 1.54) is 6.42 Å². The van der Waals surface area contributed by atoms with Gasteiger partial charge in [-0.1, -0.05) is 0 Å². The van der Waals surface area contributed by atoms with Crippen molar-refractivity contribution in [3.8, 4) is 0 Å². The highest BCUT2D eigenvalue weighted by atomic mass is 79.9. The zero-order valence-electron chi connectivity index (χ0n) is 13.4. The van der Waals surface area contributed by atoms with Crippen LogP contribution in [0.25, 0.3) is 0 Å². The van der Waals surface area contributed by atoms with E-state index in [9.17, 15) is 4.79 Å². The topological polar surface area (TPSA) is 54.5 Å². The van der Waals surface area contributed by atoms with E-state index in [1.54, 1.807) is 0 Å². The van der Waals surface area contributed by atoms with E-state index in [0.717, 1.165) is 29.7 Å². The fourth-order valence-electron chi connectivity index (χ4n) is 2.57. The van der Waals surface area contributed by atoms with Crippen molar-refractivity contribution in [1.29, 1.82) is 0 Å². The fraction of sp³-hybridized carbons (Fsp3) is 0.625. The molecule has 1 aromatic heterocycles. The molecule has 1 fully saturated rings. The van der Waals surface area contributed by atoms with E-state index in [1.807, 2.05) is 39.1 Å². The first kappa shape index (κ1) is 17.1. The van der Waals surface area contributed by atoms with Crippen LogP contribution in [0, 0.1) is 0 Å². The molecule has 122 valence electrons. The monoisotopic (exact) mass is 369 g/mol. The summed E-state index contributed by atoms with van der Waals surface area (Å²) >= 11 is 3.41. The molecule has 2 rings (SSSR count). The maximum atomic E-state index is 11.8. The van der Waals surface area contributed by atoms with Gasteiger partial charge in [-0.2, -0.15) is 0 Å². The fourth-order valence-corrected chi connectivity index (χ4v) is 2.80. The van der Waals surface area contributed by atoms with Gasteiger partial charge in [-0.25, -0.2) is 9.78 Å². The van der Waals surface area contributed by atoms with Crippen molar-refractivity contribution in [2.24, 2.45) is 0 Å². The van der Waals surface area contributed by atoms with E-state index in [2.05, 4.69) is 31.1 Å². The van der Waals surface area contributed by atoms with Crippen molar-refractivity contribution in [2.75, 3.05) is 18.0 Å². The quantitative estimate of drug-likeness (QED) is 0.881. The molecule has 22 heavy (non-hydrogen) atoms. The minimum absolute atomic E-state index is 0.259. The predicted octanol–water partition coefficient (Wildman–Crippen LogP) is 3.73. The van der Waals surface area contributed by atoms with Gasteiger partial charge in [0.15, 0.2) is 0 Å². The first-order valence-electron chi connectivity index (χ1n) is 7.70. The average Bonchev–Trinajstić information content (AvgIpc) is 2.45. The van der Waals surface area contributed by atoms with Crippen LogP contribution in [0.1, 0.15) is 40.0 Å². The van der Waals surface area contributed by atoms with E-state index in [0.29, 0.717) is 6.54 Å². The van der Waals surface area contributed by atoms with Crippen LogP contribution in [-0.2, 0) is 4.74 Å². The van der Waals surface area contributed by atoms with Crippen LogP contribution in [0.3, 0.4) is 0 Å². The van der Waals surface area contributed by atoms with Gasteiger partial charge in [0.05, 0.1) is 0 Å². The number of carbonyl (C=O) groups is 1. The minimum atomic E-state index is -0.469. The molecule has 1 amide bonds. The standard InChI is InChI=1S/C16H24BrN3O2/c1-16(2,3)22-15(21)19-11-13-6-4-5-9-20(13)14-8-7-12(17)10-18-14/h7-8,10,13H,4-6,9,11H2,1-3H3,(H,19,21).